The molecule has 0 unspecified atom stereocenters. The minimum atomic E-state index is -1.45. The standard InChI is InChI=1S/C22H13ClF5N7O2S/c1-33-6-10-3-16(11(23)4-15(10)32-33)30-20-31-21(36)35(8-17-18(27)38-19(28)29-17)22(37)34(20)7-9-2-13(25)14(26)5-12(9)24/h2-6H,7-8H2,1H3,(H,30,31,36). The number of aryl methyl sites for hydroxylation is 1. The van der Waals surface area contributed by atoms with E-state index in [1.54, 1.807) is 19.3 Å². The van der Waals surface area contributed by atoms with Crippen LogP contribution in [0.4, 0.5) is 33.6 Å². The van der Waals surface area contributed by atoms with Gasteiger partial charge in [0.15, 0.2) is 11.6 Å². The molecule has 0 aliphatic heterocycles. The molecule has 0 amide bonds. The van der Waals surface area contributed by atoms with Gasteiger partial charge in [-0.25, -0.2) is 32.3 Å². The Morgan fingerprint density at radius 1 is 0.947 bits per heavy atom. The summed E-state index contributed by atoms with van der Waals surface area (Å²) in [5.41, 5.74) is -2.59. The molecule has 2 aromatic carbocycles. The number of halogens is 6. The Kier molecular flexibility index (Phi) is 6.48. The minimum absolute atomic E-state index is 0.0713. The maximum Gasteiger partial charge on any atom is 0.355 e. The van der Waals surface area contributed by atoms with Crippen LogP contribution in [-0.4, -0.2) is 28.9 Å². The van der Waals surface area contributed by atoms with E-state index in [4.69, 9.17) is 11.6 Å². The van der Waals surface area contributed by atoms with Gasteiger partial charge >= 0.3 is 11.4 Å². The Morgan fingerprint density at radius 3 is 2.39 bits per heavy atom. The molecular formula is C22H13ClF5N7O2S. The fraction of sp³-hybridized carbons (Fsp3) is 0.136. The van der Waals surface area contributed by atoms with Crippen LogP contribution in [0.25, 0.3) is 10.9 Å². The van der Waals surface area contributed by atoms with Crippen molar-refractivity contribution in [1.29, 1.82) is 0 Å². The van der Waals surface area contributed by atoms with Crippen LogP contribution in [0.3, 0.4) is 0 Å². The summed E-state index contributed by atoms with van der Waals surface area (Å²) in [5, 5.41) is 5.52. The van der Waals surface area contributed by atoms with Crippen LogP contribution >= 0.6 is 22.9 Å². The summed E-state index contributed by atoms with van der Waals surface area (Å²) in [6, 6.07) is 3.91. The van der Waals surface area contributed by atoms with E-state index in [1.807, 2.05) is 0 Å². The monoisotopic (exact) mass is 569 g/mol. The number of benzene rings is 2. The molecule has 0 aliphatic rings. The highest BCUT2D eigenvalue weighted by Gasteiger charge is 2.21. The van der Waals surface area contributed by atoms with Crippen molar-refractivity contribution in [2.24, 2.45) is 7.05 Å². The molecule has 3 aromatic heterocycles. The number of nitrogens with zero attached hydrogens (tertiary/aromatic N) is 6. The third-order valence-corrected chi connectivity index (χ3v) is 6.44. The first-order valence-corrected chi connectivity index (χ1v) is 11.8. The van der Waals surface area contributed by atoms with Crippen molar-refractivity contribution in [1.82, 2.24) is 28.9 Å². The van der Waals surface area contributed by atoms with Crippen LogP contribution in [0.15, 0.2) is 40.1 Å². The lowest BCUT2D eigenvalue weighted by Crippen LogP contribution is -2.43. The molecule has 3 heterocycles. The van der Waals surface area contributed by atoms with Gasteiger partial charge in [0.1, 0.15) is 11.5 Å². The molecule has 0 aliphatic carbocycles. The molecule has 0 radical (unpaired) electrons. The zero-order chi connectivity index (χ0) is 27.3. The van der Waals surface area contributed by atoms with E-state index in [0.717, 1.165) is 4.57 Å². The molecule has 5 aromatic rings. The van der Waals surface area contributed by atoms with Crippen LogP contribution in [-0.2, 0) is 20.1 Å². The van der Waals surface area contributed by atoms with Crippen molar-refractivity contribution in [3.05, 3.63) is 95.6 Å². The third kappa shape index (κ3) is 4.77. The van der Waals surface area contributed by atoms with Gasteiger partial charge < -0.3 is 5.32 Å². The lowest BCUT2D eigenvalue weighted by atomic mass is 10.2. The molecule has 5 rings (SSSR count). The molecule has 196 valence electrons. The van der Waals surface area contributed by atoms with Crippen molar-refractivity contribution in [2.75, 3.05) is 5.32 Å². The van der Waals surface area contributed by atoms with Crippen molar-refractivity contribution in [3.8, 4) is 0 Å². The van der Waals surface area contributed by atoms with Crippen molar-refractivity contribution in [2.45, 2.75) is 13.1 Å². The SMILES string of the molecule is Cn1cc2cc(Nc3nc(=O)n(Cc4nc(F)sc4F)c(=O)n3Cc3cc(F)c(F)cc3F)c(Cl)cc2n1. The molecule has 0 fully saturated rings. The maximum absolute atomic E-state index is 14.5. The van der Waals surface area contributed by atoms with Crippen LogP contribution < -0.4 is 16.7 Å². The summed E-state index contributed by atoms with van der Waals surface area (Å²) in [6.45, 7) is -1.52. The van der Waals surface area contributed by atoms with Crippen LogP contribution in [0, 0.1) is 27.8 Å². The van der Waals surface area contributed by atoms with Gasteiger partial charge in [-0.15, -0.1) is 0 Å². The highest BCUT2D eigenvalue weighted by Crippen LogP contribution is 2.29. The summed E-state index contributed by atoms with van der Waals surface area (Å²) in [7, 11) is 1.69. The number of hydrogen-bond donors (Lipinski definition) is 1. The average Bonchev–Trinajstić information content (AvgIpc) is 3.36. The number of rotatable bonds is 6. The first-order valence-electron chi connectivity index (χ1n) is 10.6. The van der Waals surface area contributed by atoms with E-state index in [9.17, 15) is 31.5 Å². The van der Waals surface area contributed by atoms with Crippen molar-refractivity contribution in [3.63, 3.8) is 0 Å². The number of thiazole rings is 1. The van der Waals surface area contributed by atoms with Gasteiger partial charge in [-0.3, -0.25) is 9.25 Å². The van der Waals surface area contributed by atoms with Gasteiger partial charge in [-0.05, 0) is 18.2 Å². The largest absolute Gasteiger partial charge is 0.355 e. The molecule has 1 N–H and O–H groups in total. The van der Waals surface area contributed by atoms with Crippen LogP contribution in [0.1, 0.15) is 11.3 Å². The normalized spacial score (nSPS) is 11.4. The van der Waals surface area contributed by atoms with Gasteiger partial charge in [0.2, 0.25) is 11.1 Å². The minimum Gasteiger partial charge on any atom is -0.324 e. The Balaban J connectivity index is 1.65. The molecule has 0 saturated heterocycles. The molecule has 0 spiro atoms. The van der Waals surface area contributed by atoms with Gasteiger partial charge in [0.25, 0.3) is 5.26 Å². The molecular weight excluding hydrogens is 557 g/mol. The van der Waals surface area contributed by atoms with E-state index in [0.29, 0.717) is 27.6 Å². The van der Waals surface area contributed by atoms with E-state index in [-0.39, 0.29) is 22.0 Å². The second kappa shape index (κ2) is 9.64. The molecule has 0 bridgehead atoms. The molecule has 0 saturated carbocycles. The lowest BCUT2D eigenvalue weighted by Gasteiger charge is -2.16. The Bertz CT molecular complexity index is 1850. The summed E-state index contributed by atoms with van der Waals surface area (Å²) >= 11 is 6.40. The fourth-order valence-corrected chi connectivity index (χ4v) is 4.43. The zero-order valence-corrected chi connectivity index (χ0v) is 20.5. The summed E-state index contributed by atoms with van der Waals surface area (Å²) in [6.07, 6.45) is 1.67. The predicted molar refractivity (Wildman–Crippen MR) is 128 cm³/mol. The highest BCUT2D eigenvalue weighted by molar-refractivity contribution is 7.08. The van der Waals surface area contributed by atoms with Crippen LogP contribution in [0.2, 0.25) is 5.02 Å². The van der Waals surface area contributed by atoms with Gasteiger partial charge in [-0.2, -0.15) is 18.9 Å². The lowest BCUT2D eigenvalue weighted by molar-refractivity contribution is 0.485. The first-order chi connectivity index (χ1) is 18.0. The van der Waals surface area contributed by atoms with Gasteiger partial charge in [0.05, 0.1) is 29.3 Å². The number of anilines is 2. The van der Waals surface area contributed by atoms with Gasteiger partial charge in [-0.1, -0.05) is 22.9 Å². The first kappa shape index (κ1) is 25.5. The number of aromatic nitrogens is 6. The highest BCUT2D eigenvalue weighted by atomic mass is 35.5. The average molecular weight is 570 g/mol. The molecule has 0 atom stereocenters. The van der Waals surface area contributed by atoms with Crippen molar-refractivity contribution < 1.29 is 22.0 Å². The third-order valence-electron chi connectivity index (χ3n) is 5.45. The van der Waals surface area contributed by atoms with Crippen LogP contribution in [0.5, 0.6) is 0 Å². The summed E-state index contributed by atoms with van der Waals surface area (Å²) in [5.74, 6) is -4.44. The predicted octanol–water partition coefficient (Wildman–Crippen LogP) is 3.94. The quantitative estimate of drug-likeness (QED) is 0.246. The van der Waals surface area contributed by atoms with Crippen molar-refractivity contribution >= 4 is 45.5 Å². The summed E-state index contributed by atoms with van der Waals surface area (Å²) in [4.78, 5) is 33.3. The van der Waals surface area contributed by atoms with E-state index < -0.39 is 69.5 Å². The Hall–Kier alpha value is -4.11. The van der Waals surface area contributed by atoms with Gasteiger partial charge in [0, 0.05) is 30.3 Å². The number of nitrogens with one attached hydrogen (secondary N) is 1. The molecule has 9 nitrogen and oxygen atoms in total. The molecule has 38 heavy (non-hydrogen) atoms. The maximum atomic E-state index is 14.5. The number of fused-ring (bicyclic) bond motifs is 1. The second-order valence-electron chi connectivity index (χ2n) is 8.04. The summed E-state index contributed by atoms with van der Waals surface area (Å²) < 4.78 is 71.9. The zero-order valence-electron chi connectivity index (χ0n) is 19.0. The number of hydrogen-bond acceptors (Lipinski definition) is 7. The van der Waals surface area contributed by atoms with E-state index in [2.05, 4.69) is 20.4 Å². The smallest absolute Gasteiger partial charge is 0.324 e. The Labute approximate surface area is 217 Å². The fourth-order valence-electron chi connectivity index (χ4n) is 3.70. The van der Waals surface area contributed by atoms with E-state index >= 15 is 0 Å². The topological polar surface area (TPSA) is 99.6 Å². The van der Waals surface area contributed by atoms with E-state index in [1.165, 1.54) is 10.7 Å². The second-order valence-corrected chi connectivity index (χ2v) is 9.34. The molecule has 16 heteroatoms. The Morgan fingerprint density at radius 2 is 1.68 bits per heavy atom.